The zero-order valence-electron chi connectivity index (χ0n) is 6.58. The van der Waals surface area contributed by atoms with Crippen molar-refractivity contribution in [3.05, 3.63) is 34.6 Å². The third-order valence-corrected chi connectivity index (χ3v) is 2.41. The number of aromatic nitrogens is 2. The molecule has 2 aromatic rings. The van der Waals surface area contributed by atoms with Crippen molar-refractivity contribution in [3.8, 4) is 0 Å². The highest BCUT2D eigenvalue weighted by Gasteiger charge is 2.01. The lowest BCUT2D eigenvalue weighted by atomic mass is 10.1. The first kappa shape index (κ1) is 7.68. The van der Waals surface area contributed by atoms with Crippen molar-refractivity contribution in [1.29, 1.82) is 0 Å². The molecule has 2 nitrogen and oxygen atoms in total. The van der Waals surface area contributed by atoms with Gasteiger partial charge >= 0.3 is 0 Å². The Morgan fingerprint density at radius 1 is 1.08 bits per heavy atom. The summed E-state index contributed by atoms with van der Waals surface area (Å²) in [5.41, 5.74) is 0.966. The lowest BCUT2D eigenvalue weighted by molar-refractivity contribution is 0.983. The fourth-order valence-corrected chi connectivity index (χ4v) is 1.63. The van der Waals surface area contributed by atoms with Crippen molar-refractivity contribution in [2.45, 2.75) is 6.92 Å². The van der Waals surface area contributed by atoms with E-state index in [1.165, 1.54) is 0 Å². The minimum atomic E-state index is 0.809. The first-order valence-corrected chi connectivity index (χ1v) is 4.46. The highest BCUT2D eigenvalue weighted by molar-refractivity contribution is 9.10. The van der Waals surface area contributed by atoms with Gasteiger partial charge in [-0.15, -0.1) is 5.10 Å². The summed E-state index contributed by atoms with van der Waals surface area (Å²) in [5, 5.41) is 10.3. The van der Waals surface area contributed by atoms with Crippen molar-refractivity contribution in [2.24, 2.45) is 0 Å². The molecule has 0 fully saturated rings. The van der Waals surface area contributed by atoms with Crippen LogP contribution in [0.25, 0.3) is 10.8 Å². The number of fused-ring (bicyclic) bond motifs is 1. The van der Waals surface area contributed by atoms with E-state index in [0.29, 0.717) is 0 Å². The van der Waals surface area contributed by atoms with Gasteiger partial charge in [0.2, 0.25) is 0 Å². The van der Waals surface area contributed by atoms with Crippen LogP contribution in [0, 0.1) is 6.92 Å². The molecule has 12 heavy (non-hydrogen) atoms. The molecule has 0 unspecified atom stereocenters. The normalized spacial score (nSPS) is 10.5. The molecule has 0 radical (unpaired) electrons. The van der Waals surface area contributed by atoms with Gasteiger partial charge in [-0.05, 0) is 22.9 Å². The van der Waals surface area contributed by atoms with Crippen molar-refractivity contribution < 1.29 is 0 Å². The molecular weight excluding hydrogens is 216 g/mol. The van der Waals surface area contributed by atoms with Crippen LogP contribution in [0.1, 0.15) is 5.69 Å². The second kappa shape index (κ2) is 2.83. The number of hydrogen-bond donors (Lipinski definition) is 0. The molecule has 0 bridgehead atoms. The van der Waals surface area contributed by atoms with Crippen LogP contribution in [0.4, 0.5) is 0 Å². The minimum Gasteiger partial charge on any atom is -0.154 e. The Balaban J connectivity index is 2.95. The third-order valence-electron chi connectivity index (χ3n) is 1.83. The van der Waals surface area contributed by atoms with E-state index in [0.717, 1.165) is 21.1 Å². The maximum Gasteiger partial charge on any atom is 0.136 e. The van der Waals surface area contributed by atoms with Gasteiger partial charge in [0.1, 0.15) is 4.60 Å². The Hall–Kier alpha value is -0.960. The molecule has 60 valence electrons. The predicted octanol–water partition coefficient (Wildman–Crippen LogP) is 2.70. The summed E-state index contributed by atoms with van der Waals surface area (Å²) < 4.78 is 0.809. The van der Waals surface area contributed by atoms with Crippen LogP contribution in [0.15, 0.2) is 28.9 Å². The summed E-state index contributed by atoms with van der Waals surface area (Å²) in [6.45, 7) is 1.96. The molecule has 0 N–H and O–H groups in total. The van der Waals surface area contributed by atoms with Crippen molar-refractivity contribution in [2.75, 3.05) is 0 Å². The highest BCUT2D eigenvalue weighted by Crippen LogP contribution is 2.21. The number of nitrogens with zero attached hydrogens (tertiary/aromatic N) is 2. The molecule has 0 atom stereocenters. The maximum atomic E-state index is 4.01. The molecule has 1 heterocycles. The second-order valence-corrected chi connectivity index (χ2v) is 3.37. The van der Waals surface area contributed by atoms with Gasteiger partial charge in [0.15, 0.2) is 0 Å². The Morgan fingerprint density at radius 3 is 2.42 bits per heavy atom. The molecule has 1 aromatic heterocycles. The number of benzene rings is 1. The van der Waals surface area contributed by atoms with Crippen molar-refractivity contribution >= 4 is 26.7 Å². The first-order valence-electron chi connectivity index (χ1n) is 3.66. The first-order chi connectivity index (χ1) is 5.79. The van der Waals surface area contributed by atoms with E-state index in [4.69, 9.17) is 0 Å². The molecule has 3 heteroatoms. The van der Waals surface area contributed by atoms with Gasteiger partial charge in [0, 0.05) is 10.8 Å². The smallest absolute Gasteiger partial charge is 0.136 e. The molecule has 0 amide bonds. The Kier molecular flexibility index (Phi) is 1.81. The van der Waals surface area contributed by atoms with E-state index in [9.17, 15) is 0 Å². The van der Waals surface area contributed by atoms with Gasteiger partial charge in [-0.3, -0.25) is 0 Å². The monoisotopic (exact) mass is 222 g/mol. The van der Waals surface area contributed by atoms with Crippen LogP contribution in [0.2, 0.25) is 0 Å². The van der Waals surface area contributed by atoms with Crippen LogP contribution in [-0.2, 0) is 0 Å². The minimum absolute atomic E-state index is 0.809. The Bertz CT molecular complexity index is 385. The lowest BCUT2D eigenvalue weighted by Crippen LogP contribution is -1.89. The topological polar surface area (TPSA) is 25.8 Å². The maximum absolute atomic E-state index is 4.01. The van der Waals surface area contributed by atoms with Crippen molar-refractivity contribution in [3.63, 3.8) is 0 Å². The Morgan fingerprint density at radius 2 is 1.75 bits per heavy atom. The van der Waals surface area contributed by atoms with Crippen LogP contribution in [-0.4, -0.2) is 10.2 Å². The van der Waals surface area contributed by atoms with Crippen LogP contribution in [0.3, 0.4) is 0 Å². The van der Waals surface area contributed by atoms with Gasteiger partial charge in [-0.25, -0.2) is 0 Å². The van der Waals surface area contributed by atoms with E-state index in [-0.39, 0.29) is 0 Å². The highest BCUT2D eigenvalue weighted by atomic mass is 79.9. The zero-order valence-corrected chi connectivity index (χ0v) is 8.17. The number of hydrogen-bond acceptors (Lipinski definition) is 2. The number of rotatable bonds is 0. The van der Waals surface area contributed by atoms with E-state index in [2.05, 4.69) is 26.1 Å². The van der Waals surface area contributed by atoms with Gasteiger partial charge in [-0.1, -0.05) is 24.3 Å². The molecule has 1 aromatic carbocycles. The van der Waals surface area contributed by atoms with E-state index in [1.807, 2.05) is 31.2 Å². The van der Waals surface area contributed by atoms with Crippen LogP contribution in [0.5, 0.6) is 0 Å². The fraction of sp³-hybridized carbons (Fsp3) is 0.111. The second-order valence-electron chi connectivity index (χ2n) is 2.62. The fourth-order valence-electron chi connectivity index (χ4n) is 1.21. The average Bonchev–Trinajstić information content (AvgIpc) is 2.12. The molecule has 0 aliphatic rings. The molecule has 2 rings (SSSR count). The zero-order chi connectivity index (χ0) is 8.55. The molecular formula is C9H7BrN2. The SMILES string of the molecule is Cc1nnc(Br)c2ccccc12. The largest absolute Gasteiger partial charge is 0.154 e. The summed E-state index contributed by atoms with van der Waals surface area (Å²) in [6, 6.07) is 8.07. The van der Waals surface area contributed by atoms with Crippen LogP contribution >= 0.6 is 15.9 Å². The quantitative estimate of drug-likeness (QED) is 0.686. The van der Waals surface area contributed by atoms with Gasteiger partial charge in [0.25, 0.3) is 0 Å². The van der Waals surface area contributed by atoms with Crippen molar-refractivity contribution in [1.82, 2.24) is 10.2 Å². The number of halogens is 1. The lowest BCUT2D eigenvalue weighted by Gasteiger charge is -2.00. The molecule has 0 aliphatic heterocycles. The van der Waals surface area contributed by atoms with Gasteiger partial charge in [0.05, 0.1) is 5.69 Å². The molecule has 0 spiro atoms. The standard InChI is InChI=1S/C9H7BrN2/c1-6-7-4-2-3-5-8(7)9(10)12-11-6/h2-5H,1H3. The molecule has 0 saturated carbocycles. The summed E-state index contributed by atoms with van der Waals surface area (Å²) in [5.74, 6) is 0. The van der Waals surface area contributed by atoms with Gasteiger partial charge < -0.3 is 0 Å². The average molecular weight is 223 g/mol. The summed E-state index contributed by atoms with van der Waals surface area (Å²) >= 11 is 3.36. The van der Waals surface area contributed by atoms with Gasteiger partial charge in [-0.2, -0.15) is 5.10 Å². The summed E-state index contributed by atoms with van der Waals surface area (Å²) in [4.78, 5) is 0. The Labute approximate surface area is 78.8 Å². The molecule has 0 aliphatic carbocycles. The molecule has 0 saturated heterocycles. The summed E-state index contributed by atoms with van der Waals surface area (Å²) in [7, 11) is 0. The van der Waals surface area contributed by atoms with E-state index in [1.54, 1.807) is 0 Å². The summed E-state index contributed by atoms with van der Waals surface area (Å²) in [6.07, 6.45) is 0. The number of aryl methyl sites for hydroxylation is 1. The predicted molar refractivity (Wildman–Crippen MR) is 52.0 cm³/mol. The third kappa shape index (κ3) is 1.10. The van der Waals surface area contributed by atoms with E-state index < -0.39 is 0 Å². The van der Waals surface area contributed by atoms with Crippen LogP contribution < -0.4 is 0 Å². The van der Waals surface area contributed by atoms with E-state index >= 15 is 0 Å².